The minimum absolute atomic E-state index is 0.00410. The molecule has 0 radical (unpaired) electrons. The zero-order chi connectivity index (χ0) is 24.0. The lowest BCUT2D eigenvalue weighted by molar-refractivity contribution is -0.138. The van der Waals surface area contributed by atoms with Crippen LogP contribution in [0.3, 0.4) is 0 Å². The van der Waals surface area contributed by atoms with Gasteiger partial charge in [-0.1, -0.05) is 42.5 Å². The molecule has 1 heterocycles. The molecule has 6 N–H and O–H groups in total. The van der Waals surface area contributed by atoms with Crippen LogP contribution < -0.4 is 22.3 Å². The third kappa shape index (κ3) is 5.92. The van der Waals surface area contributed by atoms with Crippen LogP contribution in [0.15, 0.2) is 76.6 Å². The standard InChI is InChI=1S/C24H25N5O4/c1-29-12-11-18(16-5-3-2-4-6-16)19(22(29)31)14-27-24(26)28-21(30)17-9-7-15(8-10-17)13-20(25)23(32)33/h2-12,20H,13-14,25H2,1H3,(H,32,33)(H3,26,27,28,30). The highest BCUT2D eigenvalue weighted by Crippen LogP contribution is 2.21. The molecular formula is C24H25N5O4. The van der Waals surface area contributed by atoms with Gasteiger partial charge in [0.1, 0.15) is 6.04 Å². The number of rotatable bonds is 7. The average molecular weight is 447 g/mol. The van der Waals surface area contributed by atoms with E-state index >= 15 is 0 Å². The first-order valence-electron chi connectivity index (χ1n) is 10.2. The van der Waals surface area contributed by atoms with Crippen molar-refractivity contribution in [3.05, 3.63) is 93.9 Å². The average Bonchev–Trinajstić information content (AvgIpc) is 2.80. The summed E-state index contributed by atoms with van der Waals surface area (Å²) in [6.07, 6.45) is 1.84. The number of aromatic nitrogens is 1. The molecule has 0 aliphatic rings. The van der Waals surface area contributed by atoms with Crippen molar-refractivity contribution in [1.29, 1.82) is 0 Å². The summed E-state index contributed by atoms with van der Waals surface area (Å²) in [7, 11) is 1.66. The molecule has 9 heteroatoms. The van der Waals surface area contributed by atoms with Gasteiger partial charge >= 0.3 is 5.97 Å². The van der Waals surface area contributed by atoms with E-state index in [0.29, 0.717) is 16.7 Å². The van der Waals surface area contributed by atoms with Crippen molar-refractivity contribution in [3.63, 3.8) is 0 Å². The van der Waals surface area contributed by atoms with Crippen LogP contribution in [0.5, 0.6) is 0 Å². The zero-order valence-corrected chi connectivity index (χ0v) is 18.1. The Morgan fingerprint density at radius 3 is 2.39 bits per heavy atom. The lowest BCUT2D eigenvalue weighted by Gasteiger charge is -2.10. The van der Waals surface area contributed by atoms with Gasteiger partial charge in [0.05, 0.1) is 6.54 Å². The SMILES string of the molecule is Cn1ccc(-c2ccccc2)c(CN=C(N)NC(=O)c2ccc(CC(N)C(=O)O)cc2)c1=O. The van der Waals surface area contributed by atoms with E-state index in [1.54, 1.807) is 37.5 Å². The molecule has 9 nitrogen and oxygen atoms in total. The fraction of sp³-hybridized carbons (Fsp3) is 0.167. The lowest BCUT2D eigenvalue weighted by Crippen LogP contribution is -2.37. The number of aliphatic imine (C=N–C) groups is 1. The van der Waals surface area contributed by atoms with Gasteiger partial charge in [-0.2, -0.15) is 0 Å². The Balaban J connectivity index is 1.72. The van der Waals surface area contributed by atoms with E-state index in [2.05, 4.69) is 10.3 Å². The number of hydrogen-bond acceptors (Lipinski definition) is 5. The third-order valence-corrected chi connectivity index (χ3v) is 5.09. The number of aryl methyl sites for hydroxylation is 1. The predicted octanol–water partition coefficient (Wildman–Crippen LogP) is 1.25. The quantitative estimate of drug-likeness (QED) is 0.316. The van der Waals surface area contributed by atoms with Crippen molar-refractivity contribution in [2.75, 3.05) is 0 Å². The van der Waals surface area contributed by atoms with Crippen molar-refractivity contribution in [1.82, 2.24) is 9.88 Å². The van der Waals surface area contributed by atoms with Crippen LogP contribution in [-0.4, -0.2) is 33.6 Å². The minimum atomic E-state index is -1.09. The number of benzene rings is 2. The number of hydrogen-bond donors (Lipinski definition) is 4. The second-order valence-electron chi connectivity index (χ2n) is 7.49. The van der Waals surface area contributed by atoms with E-state index < -0.39 is 17.9 Å². The summed E-state index contributed by atoms with van der Waals surface area (Å²) < 4.78 is 1.46. The van der Waals surface area contributed by atoms with Gasteiger partial charge in [0, 0.05) is 24.4 Å². The largest absolute Gasteiger partial charge is 0.480 e. The Morgan fingerprint density at radius 1 is 1.09 bits per heavy atom. The van der Waals surface area contributed by atoms with Gasteiger partial charge in [-0.25, -0.2) is 4.99 Å². The van der Waals surface area contributed by atoms with Crippen LogP contribution in [-0.2, 0) is 24.8 Å². The van der Waals surface area contributed by atoms with Gasteiger partial charge in [-0.15, -0.1) is 0 Å². The molecule has 0 fully saturated rings. The van der Waals surface area contributed by atoms with E-state index in [-0.39, 0.29) is 24.5 Å². The van der Waals surface area contributed by atoms with Gasteiger partial charge in [0.25, 0.3) is 11.5 Å². The van der Waals surface area contributed by atoms with Gasteiger partial charge in [-0.05, 0) is 41.3 Å². The Morgan fingerprint density at radius 2 is 1.76 bits per heavy atom. The fourth-order valence-corrected chi connectivity index (χ4v) is 3.25. The van der Waals surface area contributed by atoms with Crippen LogP contribution in [0.4, 0.5) is 0 Å². The van der Waals surface area contributed by atoms with Crippen LogP contribution in [0.2, 0.25) is 0 Å². The highest BCUT2D eigenvalue weighted by molar-refractivity contribution is 6.05. The topological polar surface area (TPSA) is 153 Å². The number of amides is 1. The molecule has 0 saturated heterocycles. The number of pyridine rings is 1. The first kappa shape index (κ1) is 23.4. The van der Waals surface area contributed by atoms with E-state index in [9.17, 15) is 14.4 Å². The third-order valence-electron chi connectivity index (χ3n) is 5.09. The van der Waals surface area contributed by atoms with E-state index in [1.165, 1.54) is 4.57 Å². The lowest BCUT2D eigenvalue weighted by atomic mass is 10.0. The molecule has 0 aliphatic carbocycles. The number of carbonyl (C=O) groups excluding carboxylic acids is 1. The van der Waals surface area contributed by atoms with Gasteiger partial charge in [-0.3, -0.25) is 19.7 Å². The number of aliphatic carboxylic acids is 1. The maximum absolute atomic E-state index is 12.7. The summed E-state index contributed by atoms with van der Waals surface area (Å²) >= 11 is 0. The molecular weight excluding hydrogens is 422 g/mol. The normalized spacial score (nSPS) is 12.2. The molecule has 1 amide bonds. The van der Waals surface area contributed by atoms with E-state index in [0.717, 1.165) is 11.1 Å². The van der Waals surface area contributed by atoms with Crippen LogP contribution in [0, 0.1) is 0 Å². The summed E-state index contributed by atoms with van der Waals surface area (Å²) in [5.41, 5.74) is 14.3. The molecule has 1 unspecified atom stereocenters. The van der Waals surface area contributed by atoms with Crippen molar-refractivity contribution >= 4 is 17.8 Å². The predicted molar refractivity (Wildman–Crippen MR) is 126 cm³/mol. The summed E-state index contributed by atoms with van der Waals surface area (Å²) in [4.78, 5) is 40.2. The molecule has 1 atom stereocenters. The van der Waals surface area contributed by atoms with Crippen LogP contribution >= 0.6 is 0 Å². The molecule has 3 rings (SSSR count). The number of nitrogens with zero attached hydrogens (tertiary/aromatic N) is 2. The first-order valence-corrected chi connectivity index (χ1v) is 10.2. The molecule has 3 aromatic rings. The first-order chi connectivity index (χ1) is 15.8. The summed E-state index contributed by atoms with van der Waals surface area (Å²) in [6, 6.07) is 16.6. The summed E-state index contributed by atoms with van der Waals surface area (Å²) in [6.45, 7) is -0.00410. The second-order valence-corrected chi connectivity index (χ2v) is 7.49. The number of carboxylic acids is 1. The van der Waals surface area contributed by atoms with E-state index in [4.69, 9.17) is 16.6 Å². The van der Waals surface area contributed by atoms with Crippen molar-refractivity contribution < 1.29 is 14.7 Å². The Hall–Kier alpha value is -4.24. The van der Waals surface area contributed by atoms with Gasteiger partial charge < -0.3 is 21.1 Å². The molecule has 1 aromatic heterocycles. The molecule has 33 heavy (non-hydrogen) atoms. The maximum atomic E-state index is 12.7. The highest BCUT2D eigenvalue weighted by Gasteiger charge is 2.14. The van der Waals surface area contributed by atoms with Crippen molar-refractivity contribution in [2.45, 2.75) is 19.0 Å². The summed E-state index contributed by atoms with van der Waals surface area (Å²) in [5, 5.41) is 11.4. The number of nitrogens with two attached hydrogens (primary N) is 2. The Labute approximate surface area is 190 Å². The number of carboxylic acid groups (broad SMARTS) is 1. The molecule has 0 bridgehead atoms. The second kappa shape index (κ2) is 10.4. The maximum Gasteiger partial charge on any atom is 0.320 e. The molecule has 0 saturated carbocycles. The van der Waals surface area contributed by atoms with Gasteiger partial charge in [0.2, 0.25) is 0 Å². The Kier molecular flexibility index (Phi) is 7.37. The van der Waals surface area contributed by atoms with Crippen molar-refractivity contribution in [3.8, 4) is 11.1 Å². The number of carbonyl (C=O) groups is 2. The fourth-order valence-electron chi connectivity index (χ4n) is 3.25. The molecule has 0 aliphatic heterocycles. The number of nitrogens with one attached hydrogen (secondary N) is 1. The molecule has 2 aromatic carbocycles. The highest BCUT2D eigenvalue weighted by atomic mass is 16.4. The monoisotopic (exact) mass is 447 g/mol. The molecule has 170 valence electrons. The van der Waals surface area contributed by atoms with Crippen LogP contribution in [0.25, 0.3) is 11.1 Å². The summed E-state index contributed by atoms with van der Waals surface area (Å²) in [5.74, 6) is -1.69. The van der Waals surface area contributed by atoms with Crippen molar-refractivity contribution in [2.24, 2.45) is 23.5 Å². The minimum Gasteiger partial charge on any atom is -0.480 e. The Bertz CT molecular complexity index is 1230. The van der Waals surface area contributed by atoms with Crippen LogP contribution in [0.1, 0.15) is 21.5 Å². The number of guanidine groups is 1. The smallest absolute Gasteiger partial charge is 0.320 e. The molecule has 0 spiro atoms. The van der Waals surface area contributed by atoms with E-state index in [1.807, 2.05) is 36.4 Å². The zero-order valence-electron chi connectivity index (χ0n) is 18.1. The van der Waals surface area contributed by atoms with Gasteiger partial charge in [0.15, 0.2) is 5.96 Å².